The van der Waals surface area contributed by atoms with Crippen LogP contribution < -0.4 is 14.8 Å². The van der Waals surface area contributed by atoms with Gasteiger partial charge in [-0.05, 0) is 36.2 Å². The van der Waals surface area contributed by atoms with E-state index in [9.17, 15) is 4.79 Å². The van der Waals surface area contributed by atoms with E-state index in [0.29, 0.717) is 25.5 Å². The van der Waals surface area contributed by atoms with Crippen LogP contribution in [-0.4, -0.2) is 24.9 Å². The fourth-order valence-corrected chi connectivity index (χ4v) is 3.19. The van der Waals surface area contributed by atoms with Crippen molar-refractivity contribution in [3.63, 3.8) is 0 Å². The Balaban J connectivity index is 1.51. The summed E-state index contributed by atoms with van der Waals surface area (Å²) in [6, 6.07) is 13.9. The van der Waals surface area contributed by atoms with E-state index in [-0.39, 0.29) is 5.91 Å². The molecule has 0 aliphatic carbocycles. The summed E-state index contributed by atoms with van der Waals surface area (Å²) in [7, 11) is 0. The fraction of sp³-hybridized carbons (Fsp3) is 0.316. The Morgan fingerprint density at radius 3 is 2.75 bits per heavy atom. The molecule has 24 heavy (non-hydrogen) atoms. The van der Waals surface area contributed by atoms with E-state index in [1.807, 2.05) is 49.4 Å². The molecule has 1 aliphatic rings. The minimum absolute atomic E-state index is 0.0235. The van der Waals surface area contributed by atoms with Gasteiger partial charge in [-0.15, -0.1) is 11.8 Å². The molecule has 0 saturated carbocycles. The van der Waals surface area contributed by atoms with Crippen molar-refractivity contribution in [1.29, 1.82) is 0 Å². The van der Waals surface area contributed by atoms with Crippen molar-refractivity contribution in [2.45, 2.75) is 24.8 Å². The Morgan fingerprint density at radius 2 is 1.92 bits per heavy atom. The summed E-state index contributed by atoms with van der Waals surface area (Å²) in [5.74, 6) is 1.94. The van der Waals surface area contributed by atoms with Crippen LogP contribution in [0.4, 0.5) is 0 Å². The second-order valence-corrected chi connectivity index (χ2v) is 6.70. The summed E-state index contributed by atoms with van der Waals surface area (Å²) in [6.45, 7) is 3.96. The van der Waals surface area contributed by atoms with Crippen LogP contribution in [0.1, 0.15) is 17.5 Å². The molecule has 2 aromatic carbocycles. The van der Waals surface area contributed by atoms with E-state index in [2.05, 4.69) is 5.32 Å². The van der Waals surface area contributed by atoms with E-state index in [0.717, 1.165) is 28.4 Å². The SMILES string of the molecule is Cc1ccccc1CNC(=O)CSc1ccc2c(c1)OCCCO2. The van der Waals surface area contributed by atoms with Crippen molar-refractivity contribution >= 4 is 17.7 Å². The number of benzene rings is 2. The summed E-state index contributed by atoms with van der Waals surface area (Å²) in [4.78, 5) is 13.1. The molecule has 4 nitrogen and oxygen atoms in total. The molecule has 3 rings (SSSR count). The average molecular weight is 343 g/mol. The van der Waals surface area contributed by atoms with Crippen LogP contribution >= 0.6 is 11.8 Å². The van der Waals surface area contributed by atoms with E-state index in [1.165, 1.54) is 17.3 Å². The number of aryl methyl sites for hydroxylation is 1. The number of hydrogen-bond acceptors (Lipinski definition) is 4. The number of ether oxygens (including phenoxy) is 2. The maximum atomic E-state index is 12.1. The zero-order chi connectivity index (χ0) is 16.8. The fourth-order valence-electron chi connectivity index (χ4n) is 2.44. The third-order valence-electron chi connectivity index (χ3n) is 3.83. The molecule has 0 unspecified atom stereocenters. The number of carbonyl (C=O) groups is 1. The van der Waals surface area contributed by atoms with Gasteiger partial charge in [0.25, 0.3) is 0 Å². The maximum Gasteiger partial charge on any atom is 0.230 e. The lowest BCUT2D eigenvalue weighted by molar-refractivity contribution is -0.118. The van der Waals surface area contributed by atoms with E-state index >= 15 is 0 Å². The molecule has 0 fully saturated rings. The highest BCUT2D eigenvalue weighted by molar-refractivity contribution is 8.00. The zero-order valence-electron chi connectivity index (χ0n) is 13.7. The van der Waals surface area contributed by atoms with Crippen molar-refractivity contribution in [3.8, 4) is 11.5 Å². The van der Waals surface area contributed by atoms with Gasteiger partial charge in [0.2, 0.25) is 5.91 Å². The average Bonchev–Trinajstić information content (AvgIpc) is 2.84. The van der Waals surface area contributed by atoms with Crippen LogP contribution in [0.5, 0.6) is 11.5 Å². The van der Waals surface area contributed by atoms with Gasteiger partial charge in [0.15, 0.2) is 11.5 Å². The molecule has 1 amide bonds. The van der Waals surface area contributed by atoms with Gasteiger partial charge in [-0.25, -0.2) is 0 Å². The smallest absolute Gasteiger partial charge is 0.230 e. The molecule has 0 radical (unpaired) electrons. The molecule has 0 saturated heterocycles. The number of hydrogen-bond donors (Lipinski definition) is 1. The molecule has 0 aromatic heterocycles. The quantitative estimate of drug-likeness (QED) is 0.843. The molecule has 0 bridgehead atoms. The summed E-state index contributed by atoms with van der Waals surface area (Å²) >= 11 is 1.50. The number of thioether (sulfide) groups is 1. The normalized spacial score (nSPS) is 13.2. The third-order valence-corrected chi connectivity index (χ3v) is 4.82. The van der Waals surface area contributed by atoms with Gasteiger partial charge < -0.3 is 14.8 Å². The molecular weight excluding hydrogens is 322 g/mol. The third kappa shape index (κ3) is 4.45. The Labute approximate surface area is 146 Å². The molecule has 1 N–H and O–H groups in total. The van der Waals surface area contributed by atoms with E-state index < -0.39 is 0 Å². The van der Waals surface area contributed by atoms with Crippen molar-refractivity contribution in [3.05, 3.63) is 53.6 Å². The molecule has 1 aliphatic heterocycles. The predicted octanol–water partition coefficient (Wildman–Crippen LogP) is 3.56. The molecular formula is C19H21NO3S. The lowest BCUT2D eigenvalue weighted by atomic mass is 10.1. The highest BCUT2D eigenvalue weighted by atomic mass is 32.2. The second-order valence-electron chi connectivity index (χ2n) is 5.65. The Morgan fingerprint density at radius 1 is 1.12 bits per heavy atom. The van der Waals surface area contributed by atoms with Gasteiger partial charge in [0.05, 0.1) is 19.0 Å². The maximum absolute atomic E-state index is 12.1. The van der Waals surface area contributed by atoms with Gasteiger partial charge in [0.1, 0.15) is 0 Å². The standard InChI is InChI=1S/C19H21NO3S/c1-14-5-2-3-6-15(14)12-20-19(21)13-24-16-7-8-17-18(11-16)23-10-4-9-22-17/h2-3,5-8,11H,4,9-10,12-13H2,1H3,(H,20,21). The Hall–Kier alpha value is -2.14. The van der Waals surface area contributed by atoms with Crippen LogP contribution in [0, 0.1) is 6.92 Å². The van der Waals surface area contributed by atoms with Crippen molar-refractivity contribution < 1.29 is 14.3 Å². The summed E-state index contributed by atoms with van der Waals surface area (Å²) in [5.41, 5.74) is 2.33. The topological polar surface area (TPSA) is 47.6 Å². The number of rotatable bonds is 5. The predicted molar refractivity (Wildman–Crippen MR) is 95.8 cm³/mol. The van der Waals surface area contributed by atoms with Gasteiger partial charge in [-0.2, -0.15) is 0 Å². The molecule has 0 spiro atoms. The molecule has 5 heteroatoms. The first-order valence-corrected chi connectivity index (χ1v) is 9.04. The number of amides is 1. The Kier molecular flexibility index (Phi) is 5.64. The van der Waals surface area contributed by atoms with Crippen molar-refractivity contribution in [2.75, 3.05) is 19.0 Å². The number of nitrogens with one attached hydrogen (secondary N) is 1. The molecule has 1 heterocycles. The molecule has 126 valence electrons. The summed E-state index contributed by atoms with van der Waals surface area (Å²) in [6.07, 6.45) is 0.887. The van der Waals surface area contributed by atoms with Gasteiger partial charge >= 0.3 is 0 Å². The van der Waals surface area contributed by atoms with Crippen LogP contribution in [0.15, 0.2) is 47.4 Å². The first-order valence-electron chi connectivity index (χ1n) is 8.06. The van der Waals surface area contributed by atoms with E-state index in [1.54, 1.807) is 0 Å². The number of fused-ring (bicyclic) bond motifs is 1. The number of carbonyl (C=O) groups excluding carboxylic acids is 1. The Bertz CT molecular complexity index is 718. The lowest BCUT2D eigenvalue weighted by Crippen LogP contribution is -2.24. The largest absolute Gasteiger partial charge is 0.490 e. The van der Waals surface area contributed by atoms with Gasteiger partial charge in [0, 0.05) is 17.9 Å². The molecule has 2 aromatic rings. The lowest BCUT2D eigenvalue weighted by Gasteiger charge is -2.10. The summed E-state index contributed by atoms with van der Waals surface area (Å²) in [5, 5.41) is 2.97. The first kappa shape index (κ1) is 16.7. The van der Waals surface area contributed by atoms with Crippen LogP contribution in [0.25, 0.3) is 0 Å². The monoisotopic (exact) mass is 343 g/mol. The minimum Gasteiger partial charge on any atom is -0.490 e. The summed E-state index contributed by atoms with van der Waals surface area (Å²) < 4.78 is 11.3. The van der Waals surface area contributed by atoms with Crippen molar-refractivity contribution in [2.24, 2.45) is 0 Å². The van der Waals surface area contributed by atoms with E-state index in [4.69, 9.17) is 9.47 Å². The van der Waals surface area contributed by atoms with Crippen LogP contribution in [-0.2, 0) is 11.3 Å². The second kappa shape index (κ2) is 8.11. The van der Waals surface area contributed by atoms with Gasteiger partial charge in [-0.1, -0.05) is 24.3 Å². The first-order chi connectivity index (χ1) is 11.7. The highest BCUT2D eigenvalue weighted by Gasteiger charge is 2.11. The molecule has 0 atom stereocenters. The van der Waals surface area contributed by atoms with Crippen LogP contribution in [0.3, 0.4) is 0 Å². The van der Waals surface area contributed by atoms with Crippen molar-refractivity contribution in [1.82, 2.24) is 5.32 Å². The minimum atomic E-state index is 0.0235. The van der Waals surface area contributed by atoms with Gasteiger partial charge in [-0.3, -0.25) is 4.79 Å². The highest BCUT2D eigenvalue weighted by Crippen LogP contribution is 2.33. The zero-order valence-corrected chi connectivity index (χ0v) is 14.5. The van der Waals surface area contributed by atoms with Crippen LogP contribution in [0.2, 0.25) is 0 Å².